The van der Waals surface area contributed by atoms with Crippen molar-refractivity contribution in [2.75, 3.05) is 26.3 Å². The number of carbonyl (C=O) groups excluding carboxylic acids is 2. The molecule has 8 nitrogen and oxygen atoms in total. The highest BCUT2D eigenvalue weighted by Crippen LogP contribution is 2.35. The molecule has 0 spiro atoms. The standard InChI is InChI=1S/C30H31ClF2N2O6S/c1-2-3-15-40-30(37)35-14-13-24(20-9-11-23(31)12-10-20)22(18-35)19-41-27-16-26(33)28(17-25(27)32)42(38,39)34-29(36)21-7-5-4-6-8-21/h4-12,16-17,22,24H,2-3,13-15,18-19H2,1H3,(H,34,36)/t22-,24-/m1/s1. The lowest BCUT2D eigenvalue weighted by Gasteiger charge is -2.38. The molecule has 12 heteroatoms. The number of carbonyl (C=O) groups is 2. The fourth-order valence-electron chi connectivity index (χ4n) is 4.76. The van der Waals surface area contributed by atoms with Crippen LogP contribution in [0.15, 0.2) is 71.6 Å². The first kappa shape index (κ1) is 31.2. The monoisotopic (exact) mass is 620 g/mol. The maximum atomic E-state index is 15.0. The lowest BCUT2D eigenvalue weighted by molar-refractivity contribution is 0.0671. The van der Waals surface area contributed by atoms with Gasteiger partial charge in [0, 0.05) is 41.7 Å². The van der Waals surface area contributed by atoms with Crippen molar-refractivity contribution in [3.63, 3.8) is 0 Å². The van der Waals surface area contributed by atoms with Gasteiger partial charge < -0.3 is 14.4 Å². The van der Waals surface area contributed by atoms with Crippen LogP contribution in [0.4, 0.5) is 13.6 Å². The fourth-order valence-corrected chi connectivity index (χ4v) is 5.93. The van der Waals surface area contributed by atoms with Gasteiger partial charge in [0.1, 0.15) is 10.7 Å². The van der Waals surface area contributed by atoms with E-state index in [1.165, 1.54) is 24.3 Å². The number of nitrogens with one attached hydrogen (secondary N) is 1. The van der Waals surface area contributed by atoms with E-state index in [0.29, 0.717) is 36.7 Å². The Morgan fingerprint density at radius 3 is 2.45 bits per heavy atom. The highest BCUT2D eigenvalue weighted by molar-refractivity contribution is 7.90. The van der Waals surface area contributed by atoms with Crippen LogP contribution < -0.4 is 9.46 Å². The summed E-state index contributed by atoms with van der Waals surface area (Å²) < 4.78 is 68.2. The minimum absolute atomic E-state index is 0.0351. The lowest BCUT2D eigenvalue weighted by atomic mass is 9.81. The van der Waals surface area contributed by atoms with E-state index < -0.39 is 44.3 Å². The molecule has 0 saturated carbocycles. The summed E-state index contributed by atoms with van der Waals surface area (Å²) in [6.07, 6.45) is 1.75. The van der Waals surface area contributed by atoms with E-state index >= 15 is 4.39 Å². The van der Waals surface area contributed by atoms with Crippen LogP contribution in [0, 0.1) is 17.6 Å². The number of amides is 2. The number of nitrogens with zero attached hydrogens (tertiary/aromatic N) is 1. The topological polar surface area (TPSA) is 102 Å². The second-order valence-corrected chi connectivity index (χ2v) is 12.0. The van der Waals surface area contributed by atoms with E-state index in [-0.39, 0.29) is 30.6 Å². The molecule has 42 heavy (non-hydrogen) atoms. The molecule has 0 aliphatic carbocycles. The summed E-state index contributed by atoms with van der Waals surface area (Å²) in [4.78, 5) is 25.5. The first-order valence-electron chi connectivity index (χ1n) is 13.5. The molecule has 4 rings (SSSR count). The molecule has 3 aromatic carbocycles. The van der Waals surface area contributed by atoms with Crippen LogP contribution >= 0.6 is 11.6 Å². The molecule has 1 aliphatic heterocycles. The van der Waals surface area contributed by atoms with Crippen LogP contribution in [0.3, 0.4) is 0 Å². The Kier molecular flexibility index (Phi) is 10.4. The summed E-state index contributed by atoms with van der Waals surface area (Å²) in [6, 6.07) is 15.8. The first-order chi connectivity index (χ1) is 20.1. The summed E-state index contributed by atoms with van der Waals surface area (Å²) in [5.41, 5.74) is 0.988. The van der Waals surface area contributed by atoms with E-state index in [2.05, 4.69) is 0 Å². The fraction of sp³-hybridized carbons (Fsp3) is 0.333. The average Bonchev–Trinajstić information content (AvgIpc) is 2.98. The molecular formula is C30H31ClF2N2O6S. The van der Waals surface area contributed by atoms with Crippen molar-refractivity contribution in [3.05, 3.63) is 94.5 Å². The smallest absolute Gasteiger partial charge is 0.409 e. The third kappa shape index (κ3) is 7.77. The number of hydrogen-bond acceptors (Lipinski definition) is 6. The lowest BCUT2D eigenvalue weighted by Crippen LogP contribution is -2.45. The van der Waals surface area contributed by atoms with Crippen LogP contribution in [0.5, 0.6) is 5.75 Å². The Morgan fingerprint density at radius 1 is 1.05 bits per heavy atom. The second kappa shape index (κ2) is 14.0. The Labute approximate surface area is 248 Å². The van der Waals surface area contributed by atoms with Crippen molar-refractivity contribution in [3.8, 4) is 5.75 Å². The molecule has 224 valence electrons. The number of ether oxygens (including phenoxy) is 2. The van der Waals surface area contributed by atoms with Crippen LogP contribution in [0.25, 0.3) is 0 Å². The molecule has 0 aromatic heterocycles. The summed E-state index contributed by atoms with van der Waals surface area (Å²) in [6.45, 7) is 2.89. The predicted octanol–water partition coefficient (Wildman–Crippen LogP) is 6.16. The Morgan fingerprint density at radius 2 is 1.76 bits per heavy atom. The number of unbranched alkanes of at least 4 members (excludes halogenated alkanes) is 1. The molecular weight excluding hydrogens is 590 g/mol. The molecule has 0 unspecified atom stereocenters. The molecule has 0 bridgehead atoms. The Hall–Kier alpha value is -3.70. The molecule has 1 heterocycles. The number of likely N-dealkylation sites (tertiary alicyclic amines) is 1. The average molecular weight is 621 g/mol. The SMILES string of the molecule is CCCCOC(=O)N1CC[C@H](c2ccc(Cl)cc2)[C@@H](COc2cc(F)c(S(=O)(=O)NC(=O)c3ccccc3)cc2F)C1. The van der Waals surface area contributed by atoms with Gasteiger partial charge in [-0.15, -0.1) is 0 Å². The van der Waals surface area contributed by atoms with Crippen LogP contribution in [0.2, 0.25) is 5.02 Å². The maximum absolute atomic E-state index is 15.0. The normalized spacial score (nSPS) is 17.0. The first-order valence-corrected chi connectivity index (χ1v) is 15.4. The molecule has 1 saturated heterocycles. The number of rotatable bonds is 10. The van der Waals surface area contributed by atoms with Crippen LogP contribution in [-0.2, 0) is 14.8 Å². The number of benzene rings is 3. The molecule has 0 radical (unpaired) electrons. The van der Waals surface area contributed by atoms with E-state index in [9.17, 15) is 22.4 Å². The predicted molar refractivity (Wildman–Crippen MR) is 153 cm³/mol. The highest BCUT2D eigenvalue weighted by Gasteiger charge is 2.34. The van der Waals surface area contributed by atoms with Gasteiger partial charge in [0.25, 0.3) is 15.9 Å². The van der Waals surface area contributed by atoms with E-state index in [0.717, 1.165) is 18.4 Å². The number of hydrogen-bond donors (Lipinski definition) is 1. The van der Waals surface area contributed by atoms with Crippen molar-refractivity contribution >= 4 is 33.6 Å². The van der Waals surface area contributed by atoms with Crippen molar-refractivity contribution < 1.29 is 36.3 Å². The van der Waals surface area contributed by atoms with Gasteiger partial charge >= 0.3 is 6.09 Å². The molecule has 1 fully saturated rings. The highest BCUT2D eigenvalue weighted by atomic mass is 35.5. The summed E-state index contributed by atoms with van der Waals surface area (Å²) in [5.74, 6) is -4.31. The number of piperidine rings is 1. The molecule has 3 aromatic rings. The minimum Gasteiger partial charge on any atom is -0.490 e. The Bertz CT molecular complexity index is 1510. The van der Waals surface area contributed by atoms with E-state index in [4.69, 9.17) is 21.1 Å². The van der Waals surface area contributed by atoms with Gasteiger partial charge in [0.2, 0.25) is 0 Å². The summed E-state index contributed by atoms with van der Waals surface area (Å²) in [7, 11) is -4.73. The third-order valence-corrected chi connectivity index (χ3v) is 8.60. The van der Waals surface area contributed by atoms with Gasteiger partial charge in [0.15, 0.2) is 11.6 Å². The summed E-state index contributed by atoms with van der Waals surface area (Å²) in [5, 5.41) is 0.566. The van der Waals surface area contributed by atoms with Crippen molar-refractivity contribution in [1.82, 2.24) is 9.62 Å². The third-order valence-electron chi connectivity index (χ3n) is 7.01. The van der Waals surface area contributed by atoms with Crippen LogP contribution in [0.1, 0.15) is 48.0 Å². The zero-order valence-electron chi connectivity index (χ0n) is 22.9. The van der Waals surface area contributed by atoms with E-state index in [1.54, 1.807) is 27.8 Å². The van der Waals surface area contributed by atoms with Gasteiger partial charge in [-0.05, 0) is 48.6 Å². The second-order valence-electron chi connectivity index (χ2n) is 9.95. The Balaban J connectivity index is 1.50. The number of halogens is 3. The van der Waals surface area contributed by atoms with Gasteiger partial charge in [-0.3, -0.25) is 4.79 Å². The molecule has 2 atom stereocenters. The van der Waals surface area contributed by atoms with Gasteiger partial charge in [0.05, 0.1) is 13.2 Å². The van der Waals surface area contributed by atoms with Crippen LogP contribution in [-0.4, -0.2) is 51.6 Å². The maximum Gasteiger partial charge on any atom is 0.409 e. The van der Waals surface area contributed by atoms with Gasteiger partial charge in [-0.2, -0.15) is 0 Å². The quantitative estimate of drug-likeness (QED) is 0.273. The largest absolute Gasteiger partial charge is 0.490 e. The van der Waals surface area contributed by atoms with E-state index in [1.807, 2.05) is 19.1 Å². The summed E-state index contributed by atoms with van der Waals surface area (Å²) >= 11 is 6.05. The molecule has 2 amide bonds. The number of sulfonamides is 1. The molecule has 1 N–H and O–H groups in total. The van der Waals surface area contributed by atoms with Gasteiger partial charge in [-0.1, -0.05) is 55.3 Å². The van der Waals surface area contributed by atoms with Crippen molar-refractivity contribution in [1.29, 1.82) is 0 Å². The zero-order valence-corrected chi connectivity index (χ0v) is 24.5. The minimum atomic E-state index is -4.73. The van der Waals surface area contributed by atoms with Crippen molar-refractivity contribution in [2.45, 2.75) is 37.0 Å². The van der Waals surface area contributed by atoms with Gasteiger partial charge in [-0.25, -0.2) is 26.7 Å². The zero-order chi connectivity index (χ0) is 30.3. The molecule has 1 aliphatic rings. The van der Waals surface area contributed by atoms with Crippen molar-refractivity contribution in [2.24, 2.45) is 5.92 Å².